The Kier molecular flexibility index (Phi) is 3.61. The van der Waals surface area contributed by atoms with Gasteiger partial charge in [-0.2, -0.15) is 0 Å². The Morgan fingerprint density at radius 2 is 2.00 bits per heavy atom. The van der Waals surface area contributed by atoms with Crippen molar-refractivity contribution in [1.82, 2.24) is 4.57 Å². The summed E-state index contributed by atoms with van der Waals surface area (Å²) in [6, 6.07) is 7.17. The van der Waals surface area contributed by atoms with E-state index in [0.717, 1.165) is 5.52 Å². The summed E-state index contributed by atoms with van der Waals surface area (Å²) < 4.78 is 30.9. The highest BCUT2D eigenvalue weighted by Crippen LogP contribution is 2.25. The molecule has 5 nitrogen and oxygen atoms in total. The van der Waals surface area contributed by atoms with E-state index in [0.29, 0.717) is 5.39 Å². The fourth-order valence-corrected chi connectivity index (χ4v) is 3.36. The van der Waals surface area contributed by atoms with Crippen molar-refractivity contribution in [1.29, 1.82) is 0 Å². The van der Waals surface area contributed by atoms with E-state index in [2.05, 4.69) is 0 Å². The molecule has 0 fully saturated rings. The van der Waals surface area contributed by atoms with Crippen molar-refractivity contribution in [2.75, 3.05) is 12.4 Å². The summed E-state index contributed by atoms with van der Waals surface area (Å²) in [5.41, 5.74) is 0.810. The predicted molar refractivity (Wildman–Crippen MR) is 71.6 cm³/mol. The van der Waals surface area contributed by atoms with Gasteiger partial charge in [-0.05, 0) is 13.0 Å². The number of rotatable bonds is 4. The highest BCUT2D eigenvalue weighted by Gasteiger charge is 2.24. The SMILES string of the molecule is CCOC(=O)CS(=O)(=O)c1cn(C)c2ccccc12. The van der Waals surface area contributed by atoms with E-state index in [1.54, 1.807) is 30.7 Å². The number of carbonyl (C=O) groups is 1. The third-order valence-corrected chi connectivity index (χ3v) is 4.42. The number of nitrogens with zero attached hydrogens (tertiary/aromatic N) is 1. The third-order valence-electron chi connectivity index (χ3n) is 2.81. The normalized spacial score (nSPS) is 11.7. The van der Waals surface area contributed by atoms with Crippen molar-refractivity contribution in [2.45, 2.75) is 11.8 Å². The molecule has 2 rings (SSSR count). The highest BCUT2D eigenvalue weighted by molar-refractivity contribution is 7.92. The molecule has 1 aromatic carbocycles. The molecule has 0 saturated carbocycles. The summed E-state index contributed by atoms with van der Waals surface area (Å²) in [5, 5.41) is 0.620. The minimum atomic E-state index is -3.68. The van der Waals surface area contributed by atoms with Crippen LogP contribution < -0.4 is 0 Å². The van der Waals surface area contributed by atoms with Gasteiger partial charge in [-0.3, -0.25) is 4.79 Å². The van der Waals surface area contributed by atoms with E-state index in [9.17, 15) is 13.2 Å². The molecule has 1 aromatic heterocycles. The van der Waals surface area contributed by atoms with E-state index in [4.69, 9.17) is 4.74 Å². The molecule has 6 heteroatoms. The van der Waals surface area contributed by atoms with Gasteiger partial charge in [-0.15, -0.1) is 0 Å². The van der Waals surface area contributed by atoms with Crippen molar-refractivity contribution in [3.8, 4) is 0 Å². The molecule has 0 atom stereocenters. The number of para-hydroxylation sites is 1. The second-order valence-corrected chi connectivity index (χ2v) is 6.14. The summed E-state index contributed by atoms with van der Waals surface area (Å²) in [6.07, 6.45) is 1.53. The number of hydrogen-bond acceptors (Lipinski definition) is 4. The molecule has 19 heavy (non-hydrogen) atoms. The minimum absolute atomic E-state index is 0.165. The molecular formula is C13H15NO4S. The molecule has 0 unspecified atom stereocenters. The maximum atomic E-state index is 12.2. The van der Waals surface area contributed by atoms with E-state index in [-0.39, 0.29) is 11.5 Å². The van der Waals surface area contributed by atoms with E-state index >= 15 is 0 Å². The average Bonchev–Trinajstić information content (AvgIpc) is 2.68. The standard InChI is InChI=1S/C13H15NO4S/c1-3-18-13(15)9-19(16,17)12-8-14(2)11-7-5-4-6-10(11)12/h4-8H,3,9H2,1-2H3. The van der Waals surface area contributed by atoms with Crippen LogP contribution in [0.15, 0.2) is 35.4 Å². The number of benzene rings is 1. The zero-order valence-electron chi connectivity index (χ0n) is 10.8. The van der Waals surface area contributed by atoms with Crippen LogP contribution in [0.1, 0.15) is 6.92 Å². The molecule has 0 bridgehead atoms. The second kappa shape index (κ2) is 5.05. The molecule has 0 aliphatic heterocycles. The summed E-state index contributed by atoms with van der Waals surface area (Å²) >= 11 is 0. The molecule has 0 aliphatic rings. The molecule has 102 valence electrons. The van der Waals surface area contributed by atoms with Gasteiger partial charge in [0.2, 0.25) is 0 Å². The van der Waals surface area contributed by atoms with Crippen molar-refractivity contribution >= 4 is 26.7 Å². The molecule has 2 aromatic rings. The van der Waals surface area contributed by atoms with Gasteiger partial charge in [0, 0.05) is 24.1 Å². The molecule has 0 radical (unpaired) electrons. The Labute approximate surface area is 111 Å². The maximum Gasteiger partial charge on any atom is 0.321 e. The number of sulfone groups is 1. The van der Waals surface area contributed by atoms with Crippen LogP contribution in [0.3, 0.4) is 0 Å². The van der Waals surface area contributed by atoms with Crippen LogP contribution in [0.25, 0.3) is 10.9 Å². The summed E-state index contributed by atoms with van der Waals surface area (Å²) in [7, 11) is -1.91. The third kappa shape index (κ3) is 2.63. The van der Waals surface area contributed by atoms with Crippen LogP contribution in [-0.4, -0.2) is 31.3 Å². The van der Waals surface area contributed by atoms with Gasteiger partial charge in [0.05, 0.1) is 11.5 Å². The van der Waals surface area contributed by atoms with Crippen LogP contribution in [0, 0.1) is 0 Å². The van der Waals surface area contributed by atoms with E-state index in [1.165, 1.54) is 6.20 Å². The first-order valence-electron chi connectivity index (χ1n) is 5.88. The summed E-state index contributed by atoms with van der Waals surface area (Å²) in [6.45, 7) is 1.81. The number of fused-ring (bicyclic) bond motifs is 1. The Balaban J connectivity index is 2.46. The summed E-state index contributed by atoms with van der Waals surface area (Å²) in [4.78, 5) is 11.5. The molecule has 0 saturated heterocycles. The van der Waals surface area contributed by atoms with Crippen LogP contribution in [0.5, 0.6) is 0 Å². The molecule has 0 spiro atoms. The van der Waals surface area contributed by atoms with Crippen LogP contribution in [0.2, 0.25) is 0 Å². The van der Waals surface area contributed by atoms with Gasteiger partial charge in [0.1, 0.15) is 0 Å². The Bertz CT molecular complexity index is 715. The Hall–Kier alpha value is -1.82. The second-order valence-electron chi connectivity index (χ2n) is 4.19. The number of aromatic nitrogens is 1. The number of aryl methyl sites for hydroxylation is 1. The molecule has 0 N–H and O–H groups in total. The predicted octanol–water partition coefficient (Wildman–Crippen LogP) is 1.52. The van der Waals surface area contributed by atoms with E-state index in [1.807, 2.05) is 12.1 Å². The smallest absolute Gasteiger partial charge is 0.321 e. The molecule has 1 heterocycles. The molecule has 0 amide bonds. The average molecular weight is 281 g/mol. The first kappa shape index (κ1) is 13.6. The monoisotopic (exact) mass is 281 g/mol. The van der Waals surface area contributed by atoms with Crippen molar-refractivity contribution in [3.05, 3.63) is 30.5 Å². The van der Waals surface area contributed by atoms with E-state index < -0.39 is 21.6 Å². The van der Waals surface area contributed by atoms with Gasteiger partial charge in [0.25, 0.3) is 0 Å². The number of hydrogen-bond donors (Lipinski definition) is 0. The van der Waals surface area contributed by atoms with Crippen molar-refractivity contribution in [2.24, 2.45) is 7.05 Å². The fraction of sp³-hybridized carbons (Fsp3) is 0.308. The van der Waals surface area contributed by atoms with Gasteiger partial charge in [-0.25, -0.2) is 8.42 Å². The van der Waals surface area contributed by atoms with Gasteiger partial charge in [-0.1, -0.05) is 18.2 Å². The number of esters is 1. The van der Waals surface area contributed by atoms with Gasteiger partial charge < -0.3 is 9.30 Å². The lowest BCUT2D eigenvalue weighted by atomic mass is 10.2. The lowest BCUT2D eigenvalue weighted by Crippen LogP contribution is -2.18. The minimum Gasteiger partial charge on any atom is -0.465 e. The highest BCUT2D eigenvalue weighted by atomic mass is 32.2. The van der Waals surface area contributed by atoms with Crippen LogP contribution >= 0.6 is 0 Å². The zero-order valence-corrected chi connectivity index (χ0v) is 11.6. The lowest BCUT2D eigenvalue weighted by Gasteiger charge is -2.03. The number of carbonyl (C=O) groups excluding carboxylic acids is 1. The first-order valence-corrected chi connectivity index (χ1v) is 7.53. The van der Waals surface area contributed by atoms with Crippen molar-refractivity contribution < 1.29 is 17.9 Å². The Morgan fingerprint density at radius 3 is 2.68 bits per heavy atom. The zero-order chi connectivity index (χ0) is 14.0. The topological polar surface area (TPSA) is 65.4 Å². The van der Waals surface area contributed by atoms with Crippen LogP contribution in [0.4, 0.5) is 0 Å². The lowest BCUT2D eigenvalue weighted by molar-refractivity contribution is -0.139. The van der Waals surface area contributed by atoms with Crippen LogP contribution in [-0.2, 0) is 26.4 Å². The number of ether oxygens (including phenoxy) is 1. The maximum absolute atomic E-state index is 12.2. The largest absolute Gasteiger partial charge is 0.465 e. The van der Waals surface area contributed by atoms with Crippen molar-refractivity contribution in [3.63, 3.8) is 0 Å². The first-order chi connectivity index (χ1) is 8.95. The van der Waals surface area contributed by atoms with Gasteiger partial charge >= 0.3 is 5.97 Å². The summed E-state index contributed by atoms with van der Waals surface area (Å²) in [5.74, 6) is -1.36. The fourth-order valence-electron chi connectivity index (χ4n) is 1.99. The Morgan fingerprint density at radius 1 is 1.32 bits per heavy atom. The van der Waals surface area contributed by atoms with Gasteiger partial charge in [0.15, 0.2) is 15.6 Å². The molecule has 0 aliphatic carbocycles. The quantitative estimate of drug-likeness (QED) is 0.797. The molecular weight excluding hydrogens is 266 g/mol.